The monoisotopic (exact) mass is 540 g/mol. The van der Waals surface area contributed by atoms with Crippen LogP contribution in [-0.2, 0) is 12.5 Å². The van der Waals surface area contributed by atoms with Crippen molar-refractivity contribution in [3.05, 3.63) is 72.1 Å². The van der Waals surface area contributed by atoms with Crippen molar-refractivity contribution in [2.24, 2.45) is 7.05 Å². The van der Waals surface area contributed by atoms with Crippen LogP contribution in [0.15, 0.2) is 60.8 Å². The molecule has 5 rings (SSSR count). The molecule has 4 aromatic rings. The summed E-state index contributed by atoms with van der Waals surface area (Å²) in [5.74, 6) is 1.79. The molecule has 2 aromatic carbocycles. The van der Waals surface area contributed by atoms with Crippen LogP contribution in [0.1, 0.15) is 63.5 Å². The van der Waals surface area contributed by atoms with Crippen LogP contribution in [0.3, 0.4) is 0 Å². The normalized spacial score (nSPS) is 15.0. The molecule has 1 fully saturated rings. The summed E-state index contributed by atoms with van der Waals surface area (Å²) >= 11 is 0. The molecule has 1 aliphatic heterocycles. The number of ether oxygens (including phenoxy) is 1. The Bertz CT molecular complexity index is 1500. The minimum Gasteiger partial charge on any atom is -0.457 e. The van der Waals surface area contributed by atoms with Crippen molar-refractivity contribution in [1.29, 1.82) is 0 Å². The molecule has 40 heavy (non-hydrogen) atoms. The van der Waals surface area contributed by atoms with E-state index in [0.717, 1.165) is 48.6 Å². The average molecular weight is 541 g/mol. The van der Waals surface area contributed by atoms with E-state index >= 15 is 0 Å². The number of carbonyl (C=O) groups excluding carboxylic acids is 1. The van der Waals surface area contributed by atoms with Gasteiger partial charge in [-0.15, -0.1) is 0 Å². The number of benzene rings is 2. The summed E-state index contributed by atoms with van der Waals surface area (Å²) in [6.07, 6.45) is 3.50. The van der Waals surface area contributed by atoms with E-state index in [1.807, 2.05) is 29.8 Å². The van der Waals surface area contributed by atoms with Gasteiger partial charge in [0, 0.05) is 56.2 Å². The lowest BCUT2D eigenvalue weighted by Crippen LogP contribution is -2.46. The van der Waals surface area contributed by atoms with Crippen LogP contribution in [0.5, 0.6) is 11.5 Å². The van der Waals surface area contributed by atoms with Crippen molar-refractivity contribution in [2.75, 3.05) is 18.4 Å². The molecule has 0 unspecified atom stereocenters. The van der Waals surface area contributed by atoms with Crippen LogP contribution in [0.4, 0.5) is 11.6 Å². The lowest BCUT2D eigenvalue weighted by Gasteiger charge is -2.34. The van der Waals surface area contributed by atoms with Gasteiger partial charge in [0.15, 0.2) is 0 Å². The first-order valence-electron chi connectivity index (χ1n) is 14.1. The summed E-state index contributed by atoms with van der Waals surface area (Å²) < 4.78 is 8.16. The first kappa shape index (κ1) is 27.6. The molecule has 8 heteroatoms. The Morgan fingerprint density at radius 2 is 1.77 bits per heavy atom. The second-order valence-corrected chi connectivity index (χ2v) is 12.0. The Morgan fingerprint density at radius 3 is 2.50 bits per heavy atom. The number of pyridine rings is 1. The molecule has 210 valence electrons. The molecule has 0 aliphatic carbocycles. The minimum absolute atomic E-state index is 0.0646. The highest BCUT2D eigenvalue weighted by atomic mass is 16.5. The zero-order valence-corrected chi connectivity index (χ0v) is 24.4. The van der Waals surface area contributed by atoms with Crippen LogP contribution >= 0.6 is 0 Å². The van der Waals surface area contributed by atoms with Gasteiger partial charge in [-0.05, 0) is 68.0 Å². The van der Waals surface area contributed by atoms with Gasteiger partial charge in [-0.3, -0.25) is 9.78 Å². The van der Waals surface area contributed by atoms with E-state index in [9.17, 15) is 4.79 Å². The van der Waals surface area contributed by atoms with Gasteiger partial charge in [-0.2, -0.15) is 0 Å². The second-order valence-electron chi connectivity index (χ2n) is 12.0. The number of nitrogens with one attached hydrogen (secondary N) is 2. The quantitative estimate of drug-likeness (QED) is 0.282. The predicted molar refractivity (Wildman–Crippen MR) is 161 cm³/mol. The lowest BCUT2D eigenvalue weighted by atomic mass is 9.87. The zero-order chi connectivity index (χ0) is 28.4. The van der Waals surface area contributed by atoms with Crippen LogP contribution in [0.25, 0.3) is 11.0 Å². The number of rotatable bonds is 7. The van der Waals surface area contributed by atoms with Crippen molar-refractivity contribution >= 4 is 28.6 Å². The molecule has 1 saturated heterocycles. The second kappa shape index (κ2) is 11.3. The van der Waals surface area contributed by atoms with Crippen molar-refractivity contribution in [1.82, 2.24) is 24.8 Å². The van der Waals surface area contributed by atoms with Crippen molar-refractivity contribution in [2.45, 2.75) is 65.0 Å². The fourth-order valence-electron chi connectivity index (χ4n) is 5.10. The lowest BCUT2D eigenvalue weighted by molar-refractivity contribution is 0.0895. The molecule has 0 atom stereocenters. The number of aromatic nitrogens is 3. The van der Waals surface area contributed by atoms with E-state index in [0.29, 0.717) is 23.2 Å². The third-order valence-corrected chi connectivity index (χ3v) is 7.63. The first-order chi connectivity index (χ1) is 19.1. The van der Waals surface area contributed by atoms with Crippen LogP contribution in [0.2, 0.25) is 0 Å². The Labute approximate surface area is 236 Å². The largest absolute Gasteiger partial charge is 0.457 e. The summed E-state index contributed by atoms with van der Waals surface area (Å²) in [5, 5.41) is 6.61. The van der Waals surface area contributed by atoms with Crippen molar-refractivity contribution in [3.63, 3.8) is 0 Å². The summed E-state index contributed by atoms with van der Waals surface area (Å²) in [6.45, 7) is 13.0. The third-order valence-electron chi connectivity index (χ3n) is 7.63. The van der Waals surface area contributed by atoms with Crippen LogP contribution in [-0.4, -0.2) is 50.5 Å². The molecular formula is C32H40N6O2. The Balaban J connectivity index is 1.27. The molecule has 0 saturated carbocycles. The van der Waals surface area contributed by atoms with Gasteiger partial charge in [0.05, 0.1) is 11.0 Å². The van der Waals surface area contributed by atoms with Gasteiger partial charge in [0.2, 0.25) is 5.95 Å². The topological polar surface area (TPSA) is 84.3 Å². The minimum atomic E-state index is -0.167. The Morgan fingerprint density at radius 1 is 1.02 bits per heavy atom. The van der Waals surface area contributed by atoms with Crippen molar-refractivity contribution < 1.29 is 9.53 Å². The SMILES string of the molecule is CC(C)N1CCC(NC(=O)c2cc(Oc3ccc4c(c3)nc(Nc3cccc(C(C)(C)C)c3)n4C)ccn2)CC1. The fourth-order valence-corrected chi connectivity index (χ4v) is 5.10. The molecule has 2 aromatic heterocycles. The van der Waals surface area contributed by atoms with E-state index < -0.39 is 0 Å². The molecule has 1 amide bonds. The average Bonchev–Trinajstić information content (AvgIpc) is 3.22. The highest BCUT2D eigenvalue weighted by Gasteiger charge is 2.23. The molecule has 1 aliphatic rings. The Kier molecular flexibility index (Phi) is 7.81. The summed E-state index contributed by atoms with van der Waals surface area (Å²) in [7, 11) is 1.99. The number of imidazole rings is 1. The molecule has 0 radical (unpaired) electrons. The number of carbonyl (C=O) groups is 1. The number of piperidine rings is 1. The number of anilines is 2. The van der Waals surface area contributed by atoms with Gasteiger partial charge in [0.1, 0.15) is 17.2 Å². The van der Waals surface area contributed by atoms with Gasteiger partial charge in [-0.1, -0.05) is 32.9 Å². The number of hydrogen-bond acceptors (Lipinski definition) is 6. The Hall–Kier alpha value is -3.91. The molecule has 0 bridgehead atoms. The summed E-state index contributed by atoms with van der Waals surface area (Å²) in [6, 6.07) is 18.4. The van der Waals surface area contributed by atoms with Gasteiger partial charge < -0.3 is 24.8 Å². The number of fused-ring (bicyclic) bond motifs is 1. The first-order valence-corrected chi connectivity index (χ1v) is 14.1. The molecule has 2 N–H and O–H groups in total. The van der Waals surface area contributed by atoms with Gasteiger partial charge in [0.25, 0.3) is 5.91 Å². The van der Waals surface area contributed by atoms with Crippen LogP contribution < -0.4 is 15.4 Å². The highest BCUT2D eigenvalue weighted by molar-refractivity contribution is 5.92. The molecular weight excluding hydrogens is 500 g/mol. The zero-order valence-electron chi connectivity index (χ0n) is 24.4. The number of likely N-dealkylation sites (tertiary alicyclic amines) is 1. The fraction of sp³-hybridized carbons (Fsp3) is 0.406. The van der Waals surface area contributed by atoms with E-state index in [-0.39, 0.29) is 17.4 Å². The van der Waals surface area contributed by atoms with Gasteiger partial charge >= 0.3 is 0 Å². The summed E-state index contributed by atoms with van der Waals surface area (Å²) in [5.41, 5.74) is 4.47. The molecule has 0 spiro atoms. The maximum atomic E-state index is 12.9. The van der Waals surface area contributed by atoms with E-state index in [2.05, 4.69) is 79.4 Å². The van der Waals surface area contributed by atoms with Gasteiger partial charge in [-0.25, -0.2) is 4.98 Å². The third kappa shape index (κ3) is 6.28. The number of hydrogen-bond donors (Lipinski definition) is 2. The van der Waals surface area contributed by atoms with E-state index in [1.165, 1.54) is 5.56 Å². The maximum absolute atomic E-state index is 12.9. The maximum Gasteiger partial charge on any atom is 0.270 e. The molecule has 3 heterocycles. The standard InChI is InChI=1S/C32H40N6O2/c1-21(2)38-16-13-23(14-17-38)34-30(39)28-20-26(12-15-33-28)40-25-10-11-29-27(19-25)36-31(37(29)6)35-24-9-7-8-22(18-24)32(3,4)5/h7-12,15,18-21,23H,13-14,16-17H2,1-6H3,(H,34,39)(H,35,36). The smallest absolute Gasteiger partial charge is 0.270 e. The van der Waals surface area contributed by atoms with E-state index in [1.54, 1.807) is 18.3 Å². The molecule has 8 nitrogen and oxygen atoms in total. The highest BCUT2D eigenvalue weighted by Crippen LogP contribution is 2.30. The number of amides is 1. The summed E-state index contributed by atoms with van der Waals surface area (Å²) in [4.78, 5) is 24.5. The van der Waals surface area contributed by atoms with Crippen LogP contribution in [0, 0.1) is 0 Å². The van der Waals surface area contributed by atoms with Crippen molar-refractivity contribution in [3.8, 4) is 11.5 Å². The number of aryl methyl sites for hydroxylation is 1. The predicted octanol–water partition coefficient (Wildman–Crippen LogP) is 6.40. The number of nitrogens with zero attached hydrogens (tertiary/aromatic N) is 4. The van der Waals surface area contributed by atoms with E-state index in [4.69, 9.17) is 9.72 Å².